The Morgan fingerprint density at radius 1 is 1.67 bits per heavy atom. The first-order valence-corrected chi connectivity index (χ1v) is 5.43. The summed E-state index contributed by atoms with van der Waals surface area (Å²) in [6, 6.07) is 3.46. The van der Waals surface area contributed by atoms with Gasteiger partial charge in [-0.15, -0.1) is 11.6 Å². The number of nitrogens with one attached hydrogen (secondary N) is 1. The molecule has 0 saturated carbocycles. The fraction of sp³-hybridized carbons (Fsp3) is 0.455. The predicted molar refractivity (Wildman–Crippen MR) is 61.1 cm³/mol. The Kier molecular flexibility index (Phi) is 4.09. The Bertz CT molecular complexity index is 323. The van der Waals surface area contributed by atoms with Crippen molar-refractivity contribution in [3.63, 3.8) is 0 Å². The van der Waals surface area contributed by atoms with Crippen molar-refractivity contribution in [2.75, 3.05) is 5.88 Å². The molecule has 1 aromatic heterocycles. The van der Waals surface area contributed by atoms with Crippen molar-refractivity contribution < 1.29 is 4.79 Å². The molecule has 0 spiro atoms. The van der Waals surface area contributed by atoms with Crippen LogP contribution in [-0.4, -0.2) is 22.3 Å². The summed E-state index contributed by atoms with van der Waals surface area (Å²) in [5.74, 6) is 0.267. The summed E-state index contributed by atoms with van der Waals surface area (Å²) in [6.07, 6.45) is 3.97. The molecule has 15 heavy (non-hydrogen) atoms. The van der Waals surface area contributed by atoms with Crippen LogP contribution in [0.2, 0.25) is 0 Å². The number of carbonyl (C=O) groups is 1. The molecule has 0 saturated heterocycles. The molecule has 1 atom stereocenters. The highest BCUT2D eigenvalue weighted by Crippen LogP contribution is 2.12. The first kappa shape index (κ1) is 12.0. The first-order valence-electron chi connectivity index (χ1n) is 4.90. The minimum absolute atomic E-state index is 0.131. The van der Waals surface area contributed by atoms with Gasteiger partial charge in [-0.05, 0) is 25.5 Å². The monoisotopic (exact) mass is 226 g/mol. The number of pyridine rings is 1. The lowest BCUT2D eigenvalue weighted by molar-refractivity contribution is 0.0912. The SMILES string of the molecule is CCC(C)(CCl)NC(=O)c1cccnc1. The maximum Gasteiger partial charge on any atom is 0.253 e. The van der Waals surface area contributed by atoms with E-state index in [2.05, 4.69) is 10.3 Å². The number of alkyl halides is 1. The Labute approximate surface area is 94.9 Å². The zero-order chi connectivity index (χ0) is 11.3. The van der Waals surface area contributed by atoms with E-state index >= 15 is 0 Å². The largest absolute Gasteiger partial charge is 0.346 e. The molecule has 0 radical (unpaired) electrons. The van der Waals surface area contributed by atoms with Crippen LogP contribution in [0.1, 0.15) is 30.6 Å². The number of amides is 1. The normalized spacial score (nSPS) is 14.3. The summed E-state index contributed by atoms with van der Waals surface area (Å²) in [6.45, 7) is 3.92. The van der Waals surface area contributed by atoms with Gasteiger partial charge >= 0.3 is 0 Å². The molecule has 4 heteroatoms. The van der Waals surface area contributed by atoms with Gasteiger partial charge in [-0.1, -0.05) is 6.92 Å². The second-order valence-corrected chi connectivity index (χ2v) is 4.01. The van der Waals surface area contributed by atoms with Crippen molar-refractivity contribution >= 4 is 17.5 Å². The maximum atomic E-state index is 11.8. The van der Waals surface area contributed by atoms with Crippen LogP contribution in [-0.2, 0) is 0 Å². The summed E-state index contributed by atoms with van der Waals surface area (Å²) < 4.78 is 0. The molecular formula is C11H15ClN2O. The summed E-state index contributed by atoms with van der Waals surface area (Å²) >= 11 is 5.81. The molecule has 1 N–H and O–H groups in total. The second-order valence-electron chi connectivity index (χ2n) is 3.74. The van der Waals surface area contributed by atoms with Gasteiger partial charge in [-0.25, -0.2) is 0 Å². The maximum absolute atomic E-state index is 11.8. The van der Waals surface area contributed by atoms with E-state index in [1.807, 2.05) is 13.8 Å². The van der Waals surface area contributed by atoms with E-state index in [0.29, 0.717) is 11.4 Å². The van der Waals surface area contributed by atoms with Gasteiger partial charge in [0.2, 0.25) is 0 Å². The van der Waals surface area contributed by atoms with Gasteiger partial charge in [0.1, 0.15) is 0 Å². The van der Waals surface area contributed by atoms with Crippen molar-refractivity contribution in [2.45, 2.75) is 25.8 Å². The second kappa shape index (κ2) is 5.12. The highest BCUT2D eigenvalue weighted by molar-refractivity contribution is 6.18. The molecule has 0 bridgehead atoms. The average Bonchev–Trinajstić information content (AvgIpc) is 2.30. The van der Waals surface area contributed by atoms with Gasteiger partial charge in [0.05, 0.1) is 11.1 Å². The van der Waals surface area contributed by atoms with E-state index in [4.69, 9.17) is 11.6 Å². The topological polar surface area (TPSA) is 42.0 Å². The van der Waals surface area contributed by atoms with E-state index in [9.17, 15) is 4.79 Å². The predicted octanol–water partition coefficient (Wildman–Crippen LogP) is 2.22. The fourth-order valence-electron chi connectivity index (χ4n) is 1.06. The third-order valence-electron chi connectivity index (χ3n) is 2.41. The van der Waals surface area contributed by atoms with E-state index in [1.54, 1.807) is 24.5 Å². The van der Waals surface area contributed by atoms with Crippen LogP contribution in [0.15, 0.2) is 24.5 Å². The van der Waals surface area contributed by atoms with E-state index < -0.39 is 0 Å². The Morgan fingerprint density at radius 2 is 2.40 bits per heavy atom. The lowest BCUT2D eigenvalue weighted by Crippen LogP contribution is -2.47. The van der Waals surface area contributed by atoms with Gasteiger partial charge in [-0.3, -0.25) is 9.78 Å². The van der Waals surface area contributed by atoms with Crippen molar-refractivity contribution in [1.29, 1.82) is 0 Å². The molecule has 1 heterocycles. The minimum atomic E-state index is -0.353. The summed E-state index contributed by atoms with van der Waals surface area (Å²) in [4.78, 5) is 15.7. The number of aromatic nitrogens is 1. The number of rotatable bonds is 4. The minimum Gasteiger partial charge on any atom is -0.346 e. The van der Waals surface area contributed by atoms with Gasteiger partial charge in [0, 0.05) is 18.3 Å². The molecule has 1 aromatic rings. The van der Waals surface area contributed by atoms with Gasteiger partial charge in [-0.2, -0.15) is 0 Å². The van der Waals surface area contributed by atoms with Crippen LogP contribution in [0.4, 0.5) is 0 Å². The molecular weight excluding hydrogens is 212 g/mol. The highest BCUT2D eigenvalue weighted by Gasteiger charge is 2.23. The Balaban J connectivity index is 2.72. The average molecular weight is 227 g/mol. The lowest BCUT2D eigenvalue weighted by atomic mass is 10.0. The standard InChI is InChI=1S/C11H15ClN2O/c1-3-11(2,8-12)14-10(15)9-5-4-6-13-7-9/h4-7H,3,8H2,1-2H3,(H,14,15). The Hall–Kier alpha value is -1.09. The summed E-state index contributed by atoms with van der Waals surface area (Å²) in [5.41, 5.74) is 0.205. The number of nitrogens with zero attached hydrogens (tertiary/aromatic N) is 1. The molecule has 82 valence electrons. The van der Waals surface area contributed by atoms with Crippen molar-refractivity contribution in [3.8, 4) is 0 Å². The molecule has 1 unspecified atom stereocenters. The lowest BCUT2D eigenvalue weighted by Gasteiger charge is -2.26. The molecule has 1 rings (SSSR count). The third kappa shape index (κ3) is 3.20. The highest BCUT2D eigenvalue weighted by atomic mass is 35.5. The fourth-order valence-corrected chi connectivity index (χ4v) is 1.32. The Morgan fingerprint density at radius 3 is 2.87 bits per heavy atom. The molecule has 0 aliphatic rings. The molecule has 3 nitrogen and oxygen atoms in total. The van der Waals surface area contributed by atoms with E-state index in [-0.39, 0.29) is 11.4 Å². The molecule has 0 aromatic carbocycles. The van der Waals surface area contributed by atoms with Crippen molar-refractivity contribution in [1.82, 2.24) is 10.3 Å². The van der Waals surface area contributed by atoms with Gasteiger partial charge in [0.25, 0.3) is 5.91 Å². The number of halogens is 1. The van der Waals surface area contributed by atoms with Crippen LogP contribution in [0.5, 0.6) is 0 Å². The first-order chi connectivity index (χ1) is 7.11. The molecule has 0 fully saturated rings. The van der Waals surface area contributed by atoms with Crippen LogP contribution < -0.4 is 5.32 Å². The van der Waals surface area contributed by atoms with Crippen LogP contribution in [0, 0.1) is 0 Å². The summed E-state index contributed by atoms with van der Waals surface area (Å²) in [5, 5.41) is 2.90. The summed E-state index contributed by atoms with van der Waals surface area (Å²) in [7, 11) is 0. The zero-order valence-electron chi connectivity index (χ0n) is 8.96. The zero-order valence-corrected chi connectivity index (χ0v) is 9.71. The van der Waals surface area contributed by atoms with Crippen LogP contribution in [0.25, 0.3) is 0 Å². The number of hydrogen-bond acceptors (Lipinski definition) is 2. The van der Waals surface area contributed by atoms with E-state index in [1.165, 1.54) is 0 Å². The van der Waals surface area contributed by atoms with Crippen molar-refractivity contribution in [2.24, 2.45) is 0 Å². The van der Waals surface area contributed by atoms with Crippen LogP contribution >= 0.6 is 11.6 Å². The third-order valence-corrected chi connectivity index (χ3v) is 3.00. The quantitative estimate of drug-likeness (QED) is 0.800. The van der Waals surface area contributed by atoms with Gasteiger partial charge in [0.15, 0.2) is 0 Å². The van der Waals surface area contributed by atoms with Crippen LogP contribution in [0.3, 0.4) is 0 Å². The smallest absolute Gasteiger partial charge is 0.253 e. The molecule has 1 amide bonds. The molecule has 0 aliphatic heterocycles. The number of hydrogen-bond donors (Lipinski definition) is 1. The molecule has 0 aliphatic carbocycles. The van der Waals surface area contributed by atoms with E-state index in [0.717, 1.165) is 6.42 Å². The number of carbonyl (C=O) groups excluding carboxylic acids is 1. The van der Waals surface area contributed by atoms with Crippen molar-refractivity contribution in [3.05, 3.63) is 30.1 Å². The van der Waals surface area contributed by atoms with Gasteiger partial charge < -0.3 is 5.32 Å².